The molecule has 0 aliphatic heterocycles. The third-order valence-corrected chi connectivity index (χ3v) is 1.69. The zero-order chi connectivity index (χ0) is 9.23. The second kappa shape index (κ2) is 8.47. The summed E-state index contributed by atoms with van der Waals surface area (Å²) in [4.78, 5) is 9.91. The number of rotatable bonds is 7. The Kier molecular flexibility index (Phi) is 8.02. The van der Waals surface area contributed by atoms with Crippen LogP contribution in [0.5, 0.6) is 0 Å². The fraction of sp³-hybridized carbons (Fsp3) is 0.700. The van der Waals surface area contributed by atoms with Crippen LogP contribution in [0.3, 0.4) is 0 Å². The molecule has 0 aromatic carbocycles. The molecule has 0 aliphatic rings. The molecule has 1 unspecified atom stereocenters. The van der Waals surface area contributed by atoms with E-state index in [1.165, 1.54) is 12.8 Å². The molecular weight excluding hydrogens is 152 g/mol. The van der Waals surface area contributed by atoms with E-state index in [0.717, 1.165) is 19.1 Å². The number of aliphatic hydroxyl groups excluding tert-OH is 1. The third-order valence-electron chi connectivity index (χ3n) is 1.69. The minimum atomic E-state index is -0.364. The molecule has 2 heteroatoms. The van der Waals surface area contributed by atoms with Crippen molar-refractivity contribution in [2.75, 3.05) is 0 Å². The van der Waals surface area contributed by atoms with Gasteiger partial charge in [0.25, 0.3) is 0 Å². The quantitative estimate of drug-likeness (QED) is 0.361. The summed E-state index contributed by atoms with van der Waals surface area (Å²) in [6, 6.07) is 0. The van der Waals surface area contributed by atoms with Gasteiger partial charge in [-0.15, -0.1) is 0 Å². The molecule has 0 radical (unpaired) electrons. The highest BCUT2D eigenvalue weighted by Crippen LogP contribution is 2.04. The van der Waals surface area contributed by atoms with Crippen LogP contribution < -0.4 is 0 Å². The van der Waals surface area contributed by atoms with Crippen LogP contribution in [-0.2, 0) is 4.79 Å². The normalized spacial score (nSPS) is 13.5. The molecule has 0 fully saturated rings. The Labute approximate surface area is 74.3 Å². The average molecular weight is 170 g/mol. The third kappa shape index (κ3) is 7.48. The Morgan fingerprint density at radius 2 is 2.17 bits per heavy atom. The summed E-state index contributed by atoms with van der Waals surface area (Å²) in [7, 11) is 0. The first-order valence-corrected chi connectivity index (χ1v) is 4.59. The van der Waals surface area contributed by atoms with E-state index in [1.54, 1.807) is 12.2 Å². The van der Waals surface area contributed by atoms with Gasteiger partial charge in [-0.05, 0) is 6.42 Å². The van der Waals surface area contributed by atoms with E-state index in [0.29, 0.717) is 6.42 Å². The lowest BCUT2D eigenvalue weighted by Crippen LogP contribution is -2.01. The topological polar surface area (TPSA) is 37.3 Å². The molecule has 1 N–H and O–H groups in total. The van der Waals surface area contributed by atoms with Crippen molar-refractivity contribution >= 4 is 6.29 Å². The Bertz CT molecular complexity index is 130. The van der Waals surface area contributed by atoms with Crippen LogP contribution in [0, 0.1) is 0 Å². The van der Waals surface area contributed by atoms with E-state index in [-0.39, 0.29) is 6.10 Å². The van der Waals surface area contributed by atoms with Gasteiger partial charge in [-0.2, -0.15) is 0 Å². The molecule has 12 heavy (non-hydrogen) atoms. The smallest absolute Gasteiger partial charge is 0.123 e. The van der Waals surface area contributed by atoms with E-state index in [4.69, 9.17) is 0 Å². The second-order valence-corrected chi connectivity index (χ2v) is 2.89. The van der Waals surface area contributed by atoms with Gasteiger partial charge < -0.3 is 9.90 Å². The van der Waals surface area contributed by atoms with Crippen molar-refractivity contribution in [1.29, 1.82) is 0 Å². The Hall–Kier alpha value is -0.630. The summed E-state index contributed by atoms with van der Waals surface area (Å²) in [6.45, 7) is 2.13. The zero-order valence-electron chi connectivity index (χ0n) is 7.70. The van der Waals surface area contributed by atoms with Gasteiger partial charge in [0.15, 0.2) is 0 Å². The van der Waals surface area contributed by atoms with Crippen LogP contribution in [-0.4, -0.2) is 17.5 Å². The predicted molar refractivity (Wildman–Crippen MR) is 50.0 cm³/mol. The molecule has 1 atom stereocenters. The molecular formula is C10H18O2. The van der Waals surface area contributed by atoms with Crippen molar-refractivity contribution < 1.29 is 9.90 Å². The zero-order valence-corrected chi connectivity index (χ0v) is 7.70. The number of aldehydes is 1. The number of allylic oxidation sites excluding steroid dienone is 1. The Morgan fingerprint density at radius 1 is 1.42 bits per heavy atom. The van der Waals surface area contributed by atoms with Crippen LogP contribution >= 0.6 is 0 Å². The predicted octanol–water partition coefficient (Wildman–Crippen LogP) is 2.07. The highest BCUT2D eigenvalue weighted by Gasteiger charge is 1.96. The van der Waals surface area contributed by atoms with Gasteiger partial charge in [0.2, 0.25) is 0 Å². The van der Waals surface area contributed by atoms with Crippen LogP contribution in [0.15, 0.2) is 12.2 Å². The van der Waals surface area contributed by atoms with Gasteiger partial charge in [0.05, 0.1) is 6.10 Å². The molecule has 0 rings (SSSR count). The Morgan fingerprint density at radius 3 is 2.75 bits per heavy atom. The second-order valence-electron chi connectivity index (χ2n) is 2.89. The number of carbonyl (C=O) groups excluding carboxylic acids is 1. The van der Waals surface area contributed by atoms with E-state index in [2.05, 4.69) is 6.92 Å². The standard InChI is InChI=1S/C10H18O2/c1-2-3-4-7-10(12)8-5-6-9-11/h5,8-10,12H,2-4,6-7H2,1H3/b8-5+. The number of carbonyl (C=O) groups is 1. The molecule has 0 aromatic heterocycles. The van der Waals surface area contributed by atoms with Crippen molar-refractivity contribution in [2.45, 2.75) is 45.1 Å². The van der Waals surface area contributed by atoms with Crippen LogP contribution in [0.1, 0.15) is 39.0 Å². The first-order chi connectivity index (χ1) is 5.81. The van der Waals surface area contributed by atoms with Crippen molar-refractivity contribution in [1.82, 2.24) is 0 Å². The van der Waals surface area contributed by atoms with E-state index >= 15 is 0 Å². The van der Waals surface area contributed by atoms with Crippen LogP contribution in [0.2, 0.25) is 0 Å². The summed E-state index contributed by atoms with van der Waals surface area (Å²) in [5.41, 5.74) is 0. The van der Waals surface area contributed by atoms with Gasteiger partial charge in [-0.25, -0.2) is 0 Å². The number of unbranched alkanes of at least 4 members (excludes halogenated alkanes) is 2. The monoisotopic (exact) mass is 170 g/mol. The first-order valence-electron chi connectivity index (χ1n) is 4.59. The maximum absolute atomic E-state index is 9.91. The van der Waals surface area contributed by atoms with E-state index < -0.39 is 0 Å². The summed E-state index contributed by atoms with van der Waals surface area (Å²) < 4.78 is 0. The molecule has 0 heterocycles. The average Bonchev–Trinajstić information content (AvgIpc) is 2.06. The maximum atomic E-state index is 9.91. The summed E-state index contributed by atoms with van der Waals surface area (Å²) in [5, 5.41) is 9.30. The minimum Gasteiger partial charge on any atom is -0.389 e. The first kappa shape index (κ1) is 11.4. The van der Waals surface area contributed by atoms with Crippen molar-refractivity contribution in [3.8, 4) is 0 Å². The van der Waals surface area contributed by atoms with Crippen molar-refractivity contribution in [3.05, 3.63) is 12.2 Å². The fourth-order valence-electron chi connectivity index (χ4n) is 0.991. The van der Waals surface area contributed by atoms with Crippen LogP contribution in [0.25, 0.3) is 0 Å². The molecule has 0 saturated heterocycles. The number of hydrogen-bond acceptors (Lipinski definition) is 2. The van der Waals surface area contributed by atoms with Crippen LogP contribution in [0.4, 0.5) is 0 Å². The van der Waals surface area contributed by atoms with Crippen molar-refractivity contribution in [2.24, 2.45) is 0 Å². The molecule has 0 saturated carbocycles. The lowest BCUT2D eigenvalue weighted by molar-refractivity contribution is -0.107. The van der Waals surface area contributed by atoms with Gasteiger partial charge in [0.1, 0.15) is 6.29 Å². The van der Waals surface area contributed by atoms with Gasteiger partial charge in [0, 0.05) is 6.42 Å². The SMILES string of the molecule is CCCCCC(O)/C=C/CC=O. The molecule has 0 spiro atoms. The fourth-order valence-corrected chi connectivity index (χ4v) is 0.991. The van der Waals surface area contributed by atoms with Crippen molar-refractivity contribution in [3.63, 3.8) is 0 Å². The molecule has 0 amide bonds. The molecule has 2 nitrogen and oxygen atoms in total. The maximum Gasteiger partial charge on any atom is 0.123 e. The number of hydrogen-bond donors (Lipinski definition) is 1. The summed E-state index contributed by atoms with van der Waals surface area (Å²) >= 11 is 0. The molecule has 70 valence electrons. The highest BCUT2D eigenvalue weighted by molar-refractivity contribution is 5.51. The summed E-state index contributed by atoms with van der Waals surface area (Å²) in [5.74, 6) is 0. The van der Waals surface area contributed by atoms with E-state index in [9.17, 15) is 9.90 Å². The van der Waals surface area contributed by atoms with E-state index in [1.807, 2.05) is 0 Å². The lowest BCUT2D eigenvalue weighted by atomic mass is 10.1. The molecule has 0 aromatic rings. The van der Waals surface area contributed by atoms with Gasteiger partial charge in [-0.1, -0.05) is 38.3 Å². The largest absolute Gasteiger partial charge is 0.389 e. The lowest BCUT2D eigenvalue weighted by Gasteiger charge is -2.03. The van der Waals surface area contributed by atoms with Gasteiger partial charge in [-0.3, -0.25) is 0 Å². The van der Waals surface area contributed by atoms with Gasteiger partial charge >= 0.3 is 0 Å². The molecule has 0 bridgehead atoms. The minimum absolute atomic E-state index is 0.364. The Balaban J connectivity index is 3.31. The number of aliphatic hydroxyl groups is 1. The molecule has 0 aliphatic carbocycles. The highest BCUT2D eigenvalue weighted by atomic mass is 16.3. The summed E-state index contributed by atoms with van der Waals surface area (Å²) in [6.07, 6.45) is 8.49.